The number of benzene rings is 2. The van der Waals surface area contributed by atoms with Crippen LogP contribution in [0, 0.1) is 13.8 Å². The van der Waals surface area contributed by atoms with Crippen LogP contribution in [0.25, 0.3) is 5.69 Å². The van der Waals surface area contributed by atoms with Crippen LogP contribution in [0.3, 0.4) is 0 Å². The number of imidazole rings is 1. The summed E-state index contributed by atoms with van der Waals surface area (Å²) in [6.07, 6.45) is 3.19. The van der Waals surface area contributed by atoms with E-state index in [2.05, 4.69) is 26.6 Å². The zero-order chi connectivity index (χ0) is 28.7. The lowest BCUT2D eigenvalue weighted by molar-refractivity contribution is -0.137. The summed E-state index contributed by atoms with van der Waals surface area (Å²) >= 11 is 1.63. The standard InChI is InChI=1S/C30H29F3N6OS/c1-18-7-8-23(14-26(18)39-17-35-28(27-25(39)9-10-41-27)36-22-5-3-4-6-22)37-29(40)20-11-21(30(31,32)33)13-24(12-20)38-15-19(2)34-16-38/h7-16,22H,3-6,17H2,1-2H3,(H,35,36)(H,37,40). The highest BCUT2D eigenvalue weighted by atomic mass is 32.1. The molecule has 0 radical (unpaired) electrons. The van der Waals surface area contributed by atoms with Gasteiger partial charge >= 0.3 is 6.18 Å². The van der Waals surface area contributed by atoms with Gasteiger partial charge in [0.2, 0.25) is 0 Å². The summed E-state index contributed by atoms with van der Waals surface area (Å²) in [5.41, 5.74) is 3.21. The molecule has 2 aliphatic rings. The second-order valence-corrected chi connectivity index (χ2v) is 11.4. The van der Waals surface area contributed by atoms with Crippen molar-refractivity contribution in [3.8, 4) is 5.69 Å². The molecule has 212 valence electrons. The van der Waals surface area contributed by atoms with Crippen molar-refractivity contribution in [2.45, 2.75) is 51.7 Å². The molecule has 3 heterocycles. The Bertz CT molecular complexity index is 1630. The predicted octanol–water partition coefficient (Wildman–Crippen LogP) is 7.21. The van der Waals surface area contributed by atoms with Gasteiger partial charge in [-0.2, -0.15) is 13.2 Å². The van der Waals surface area contributed by atoms with Gasteiger partial charge in [-0.15, -0.1) is 11.3 Å². The number of amides is 1. The smallest absolute Gasteiger partial charge is 0.366 e. The topological polar surface area (TPSA) is 74.6 Å². The van der Waals surface area contributed by atoms with E-state index in [-0.39, 0.29) is 11.3 Å². The molecule has 1 saturated carbocycles. The molecule has 2 aromatic carbocycles. The Labute approximate surface area is 239 Å². The molecule has 11 heteroatoms. The van der Waals surface area contributed by atoms with Crippen molar-refractivity contribution in [2.75, 3.05) is 16.9 Å². The molecule has 6 rings (SSSR count). The van der Waals surface area contributed by atoms with E-state index in [0.717, 1.165) is 52.6 Å². The maximum atomic E-state index is 13.7. The highest BCUT2D eigenvalue weighted by molar-refractivity contribution is 7.12. The van der Waals surface area contributed by atoms with E-state index in [0.29, 0.717) is 24.1 Å². The Balaban J connectivity index is 1.27. The van der Waals surface area contributed by atoms with Gasteiger partial charge in [0.15, 0.2) is 0 Å². The Hall–Kier alpha value is -4.12. The molecule has 1 amide bonds. The minimum absolute atomic E-state index is 0.103. The van der Waals surface area contributed by atoms with Gasteiger partial charge in [-0.3, -0.25) is 4.79 Å². The van der Waals surface area contributed by atoms with E-state index in [1.165, 1.54) is 29.8 Å². The third kappa shape index (κ3) is 5.58. The second-order valence-electron chi connectivity index (χ2n) is 10.5. The van der Waals surface area contributed by atoms with Crippen molar-refractivity contribution >= 4 is 40.1 Å². The number of aromatic nitrogens is 2. The van der Waals surface area contributed by atoms with Crippen molar-refractivity contribution in [1.29, 1.82) is 0 Å². The van der Waals surface area contributed by atoms with Gasteiger partial charge in [0.05, 0.1) is 28.1 Å². The first-order valence-electron chi connectivity index (χ1n) is 13.5. The summed E-state index contributed by atoms with van der Waals surface area (Å²) in [6, 6.07) is 11.3. The predicted molar refractivity (Wildman–Crippen MR) is 156 cm³/mol. The number of hydrogen-bond donors (Lipinski definition) is 2. The molecule has 1 fully saturated rings. The van der Waals surface area contributed by atoms with Gasteiger partial charge in [-0.1, -0.05) is 18.9 Å². The van der Waals surface area contributed by atoms with Gasteiger partial charge in [0.1, 0.15) is 12.5 Å². The van der Waals surface area contributed by atoms with Gasteiger partial charge in [-0.25, -0.2) is 9.98 Å². The lowest BCUT2D eigenvalue weighted by Gasteiger charge is -2.30. The highest BCUT2D eigenvalue weighted by Gasteiger charge is 2.32. The molecule has 0 atom stereocenters. The summed E-state index contributed by atoms with van der Waals surface area (Å²) in [5.74, 6) is 0.286. The number of carbonyl (C=O) groups excluding carboxylic acids is 1. The van der Waals surface area contributed by atoms with Gasteiger partial charge in [0.25, 0.3) is 5.91 Å². The fraction of sp³-hybridized carbons (Fsp3) is 0.300. The van der Waals surface area contributed by atoms with Crippen LogP contribution < -0.4 is 15.5 Å². The number of hydrogen-bond acceptors (Lipinski definition) is 6. The first kappa shape index (κ1) is 27.1. The summed E-state index contributed by atoms with van der Waals surface area (Å²) in [4.78, 5) is 25.4. The quantitative estimate of drug-likeness (QED) is 0.263. The monoisotopic (exact) mass is 578 g/mol. The normalized spacial score (nSPS) is 15.5. The largest absolute Gasteiger partial charge is 0.416 e. The Morgan fingerprint density at radius 1 is 1.05 bits per heavy atom. The van der Waals surface area contributed by atoms with E-state index in [4.69, 9.17) is 4.99 Å². The molecule has 4 aromatic rings. The van der Waals surface area contributed by atoms with Crippen molar-refractivity contribution in [3.63, 3.8) is 0 Å². The number of rotatable bonds is 5. The fourth-order valence-corrected chi connectivity index (χ4v) is 6.23. The SMILES string of the molecule is Cc1cn(-c2cc(C(=O)Nc3ccc(C)c(N4CN=C(NC5CCCC5)c5sccc54)c3)cc(C(F)(F)F)c2)cn1. The second kappa shape index (κ2) is 10.7. The van der Waals surface area contributed by atoms with E-state index >= 15 is 0 Å². The highest BCUT2D eigenvalue weighted by Crippen LogP contribution is 2.38. The van der Waals surface area contributed by atoms with E-state index in [1.54, 1.807) is 30.5 Å². The van der Waals surface area contributed by atoms with Crippen molar-refractivity contribution in [2.24, 2.45) is 4.99 Å². The lowest BCUT2D eigenvalue weighted by atomic mass is 10.1. The number of aryl methyl sites for hydroxylation is 2. The number of fused-ring (bicyclic) bond motifs is 1. The maximum Gasteiger partial charge on any atom is 0.416 e. The summed E-state index contributed by atoms with van der Waals surface area (Å²) in [5, 5.41) is 8.47. The molecule has 2 N–H and O–H groups in total. The lowest BCUT2D eigenvalue weighted by Crippen LogP contribution is -2.37. The van der Waals surface area contributed by atoms with Crippen LogP contribution in [0.4, 0.5) is 30.2 Å². The Morgan fingerprint density at radius 2 is 1.85 bits per heavy atom. The van der Waals surface area contributed by atoms with E-state index in [9.17, 15) is 18.0 Å². The number of carbonyl (C=O) groups is 1. The third-order valence-corrected chi connectivity index (χ3v) is 8.40. The number of anilines is 3. The molecule has 1 aliphatic carbocycles. The molecular formula is C30H29F3N6OS. The minimum Gasteiger partial charge on any atom is -0.366 e. The van der Waals surface area contributed by atoms with Crippen LogP contribution in [-0.2, 0) is 6.18 Å². The summed E-state index contributed by atoms with van der Waals surface area (Å²) < 4.78 is 42.6. The molecule has 7 nitrogen and oxygen atoms in total. The van der Waals surface area contributed by atoms with Crippen LogP contribution in [0.15, 0.2) is 65.4 Å². The average Bonchev–Trinajstić information content (AvgIpc) is 3.72. The first-order valence-corrected chi connectivity index (χ1v) is 14.4. The zero-order valence-corrected chi connectivity index (χ0v) is 23.4. The maximum absolute atomic E-state index is 13.7. The molecular weight excluding hydrogens is 549 g/mol. The number of thiophene rings is 1. The van der Waals surface area contributed by atoms with Gasteiger partial charge in [0, 0.05) is 34.9 Å². The van der Waals surface area contributed by atoms with Crippen LogP contribution in [0.2, 0.25) is 0 Å². The number of alkyl halides is 3. The summed E-state index contributed by atoms with van der Waals surface area (Å²) in [6.45, 7) is 4.14. The van der Waals surface area contributed by atoms with Crippen LogP contribution >= 0.6 is 11.3 Å². The molecule has 1 aliphatic heterocycles. The van der Waals surface area contributed by atoms with Crippen molar-refractivity contribution in [1.82, 2.24) is 14.9 Å². The average molecular weight is 579 g/mol. The van der Waals surface area contributed by atoms with Crippen LogP contribution in [-0.4, -0.2) is 34.0 Å². The molecule has 0 saturated heterocycles. The molecule has 0 spiro atoms. The number of aliphatic imine (C=N–C) groups is 1. The first-order chi connectivity index (χ1) is 19.7. The van der Waals surface area contributed by atoms with Crippen molar-refractivity contribution < 1.29 is 18.0 Å². The molecule has 41 heavy (non-hydrogen) atoms. The molecule has 0 unspecified atom stereocenters. The molecule has 2 aromatic heterocycles. The van der Waals surface area contributed by atoms with Crippen molar-refractivity contribution in [3.05, 3.63) is 87.6 Å². The minimum atomic E-state index is -4.61. The van der Waals surface area contributed by atoms with Crippen LogP contribution in [0.1, 0.15) is 57.7 Å². The number of nitrogens with zero attached hydrogens (tertiary/aromatic N) is 4. The van der Waals surface area contributed by atoms with E-state index < -0.39 is 17.6 Å². The van der Waals surface area contributed by atoms with Gasteiger partial charge < -0.3 is 20.1 Å². The Kier molecular flexibility index (Phi) is 7.06. The number of nitrogens with one attached hydrogen (secondary N) is 2. The fourth-order valence-electron chi connectivity index (χ4n) is 5.36. The Morgan fingerprint density at radius 3 is 2.59 bits per heavy atom. The van der Waals surface area contributed by atoms with Crippen LogP contribution in [0.5, 0.6) is 0 Å². The molecule has 0 bridgehead atoms. The zero-order valence-electron chi connectivity index (χ0n) is 22.6. The van der Waals surface area contributed by atoms with Gasteiger partial charge in [-0.05, 0) is 74.0 Å². The summed E-state index contributed by atoms with van der Waals surface area (Å²) in [7, 11) is 0. The third-order valence-electron chi connectivity index (χ3n) is 7.49. The van der Waals surface area contributed by atoms with E-state index in [1.807, 2.05) is 24.4 Å². The number of halogens is 3. The number of amidine groups is 1.